The molecule has 1 aromatic carbocycles. The largest absolute Gasteiger partial charge is 0.396 e. The molecular weight excluding hydrogens is 180 g/mol. The molecule has 2 aromatic rings. The number of rotatable bonds is 3. The van der Waals surface area contributed by atoms with E-state index in [1.165, 1.54) is 15.0 Å². The first-order chi connectivity index (χ1) is 6.40. The van der Waals surface area contributed by atoms with E-state index < -0.39 is 0 Å². The standard InChI is InChI=1S/C11H12OS/c12-7-3-5-10-8-9-4-1-2-6-11(9)13-10/h1-2,4,6,8,12H,3,5,7H2. The molecular formula is C11H12OS. The summed E-state index contributed by atoms with van der Waals surface area (Å²) in [6.45, 7) is 0.286. The molecule has 0 saturated heterocycles. The van der Waals surface area contributed by atoms with Crippen molar-refractivity contribution < 1.29 is 5.11 Å². The fourth-order valence-corrected chi connectivity index (χ4v) is 2.52. The molecule has 0 saturated carbocycles. The average Bonchev–Trinajstić information content (AvgIpc) is 2.57. The first-order valence-electron chi connectivity index (χ1n) is 4.48. The molecule has 1 N–H and O–H groups in total. The van der Waals surface area contributed by atoms with Gasteiger partial charge in [-0.2, -0.15) is 0 Å². The van der Waals surface area contributed by atoms with E-state index in [0.717, 1.165) is 12.8 Å². The summed E-state index contributed by atoms with van der Waals surface area (Å²) < 4.78 is 1.34. The Balaban J connectivity index is 2.28. The highest BCUT2D eigenvalue weighted by Crippen LogP contribution is 2.25. The van der Waals surface area contributed by atoms with Gasteiger partial charge >= 0.3 is 0 Å². The van der Waals surface area contributed by atoms with Crippen LogP contribution in [0.2, 0.25) is 0 Å². The lowest BCUT2D eigenvalue weighted by atomic mass is 10.2. The Morgan fingerprint density at radius 3 is 2.85 bits per heavy atom. The van der Waals surface area contributed by atoms with Gasteiger partial charge < -0.3 is 5.11 Å². The summed E-state index contributed by atoms with van der Waals surface area (Å²) >= 11 is 1.83. The van der Waals surface area contributed by atoms with Crippen LogP contribution in [0, 0.1) is 0 Å². The summed E-state index contributed by atoms with van der Waals surface area (Å²) in [5, 5.41) is 10.0. The molecule has 1 aromatic heterocycles. The van der Waals surface area contributed by atoms with Gasteiger partial charge in [0.15, 0.2) is 0 Å². The average molecular weight is 192 g/mol. The second kappa shape index (κ2) is 3.90. The minimum absolute atomic E-state index is 0.286. The van der Waals surface area contributed by atoms with Crippen LogP contribution in [0.1, 0.15) is 11.3 Å². The Morgan fingerprint density at radius 2 is 2.08 bits per heavy atom. The third kappa shape index (κ3) is 1.90. The SMILES string of the molecule is OCCCc1cc2ccccc2s1. The molecule has 0 unspecified atom stereocenters. The quantitative estimate of drug-likeness (QED) is 0.792. The van der Waals surface area contributed by atoms with Crippen molar-refractivity contribution >= 4 is 21.4 Å². The predicted molar refractivity (Wildman–Crippen MR) is 57.2 cm³/mol. The molecule has 0 aliphatic heterocycles. The van der Waals surface area contributed by atoms with Gasteiger partial charge in [0.25, 0.3) is 0 Å². The van der Waals surface area contributed by atoms with Crippen molar-refractivity contribution in [3.8, 4) is 0 Å². The summed E-state index contributed by atoms with van der Waals surface area (Å²) in [5.41, 5.74) is 0. The number of hydrogen-bond donors (Lipinski definition) is 1. The zero-order valence-corrected chi connectivity index (χ0v) is 8.18. The van der Waals surface area contributed by atoms with E-state index in [9.17, 15) is 0 Å². The van der Waals surface area contributed by atoms with Crippen molar-refractivity contribution in [1.29, 1.82) is 0 Å². The van der Waals surface area contributed by atoms with E-state index in [2.05, 4.69) is 30.3 Å². The third-order valence-corrected chi connectivity index (χ3v) is 3.23. The normalized spacial score (nSPS) is 10.8. The summed E-state index contributed by atoms with van der Waals surface area (Å²) in [6.07, 6.45) is 1.86. The van der Waals surface area contributed by atoms with Gasteiger partial charge in [0, 0.05) is 16.2 Å². The summed E-state index contributed by atoms with van der Waals surface area (Å²) in [4.78, 5) is 1.37. The number of hydrogen-bond acceptors (Lipinski definition) is 2. The minimum atomic E-state index is 0.286. The van der Waals surface area contributed by atoms with Crippen molar-refractivity contribution in [2.45, 2.75) is 12.8 Å². The maximum Gasteiger partial charge on any atom is 0.0434 e. The van der Waals surface area contributed by atoms with E-state index in [4.69, 9.17) is 5.11 Å². The molecule has 68 valence electrons. The third-order valence-electron chi connectivity index (χ3n) is 2.06. The molecule has 0 fully saturated rings. The van der Waals surface area contributed by atoms with E-state index in [1.807, 2.05) is 11.3 Å². The highest BCUT2D eigenvalue weighted by atomic mass is 32.1. The molecule has 2 rings (SSSR count). The molecule has 0 atom stereocenters. The van der Waals surface area contributed by atoms with Gasteiger partial charge in [0.05, 0.1) is 0 Å². The lowest BCUT2D eigenvalue weighted by Gasteiger charge is -1.90. The van der Waals surface area contributed by atoms with Crippen LogP contribution >= 0.6 is 11.3 Å². The smallest absolute Gasteiger partial charge is 0.0434 e. The summed E-state index contributed by atoms with van der Waals surface area (Å²) in [7, 11) is 0. The maximum absolute atomic E-state index is 8.71. The molecule has 1 heterocycles. The zero-order chi connectivity index (χ0) is 9.10. The van der Waals surface area contributed by atoms with Crippen molar-refractivity contribution in [2.24, 2.45) is 0 Å². The van der Waals surface area contributed by atoms with E-state index in [0.29, 0.717) is 0 Å². The van der Waals surface area contributed by atoms with Crippen LogP contribution in [0.3, 0.4) is 0 Å². The lowest BCUT2D eigenvalue weighted by Crippen LogP contribution is -1.84. The van der Waals surface area contributed by atoms with Gasteiger partial charge in [-0.05, 0) is 30.4 Å². The molecule has 0 aliphatic rings. The van der Waals surface area contributed by atoms with E-state index >= 15 is 0 Å². The van der Waals surface area contributed by atoms with E-state index in [-0.39, 0.29) is 6.61 Å². The Morgan fingerprint density at radius 1 is 1.23 bits per heavy atom. The van der Waals surface area contributed by atoms with Crippen LogP contribution in [-0.4, -0.2) is 11.7 Å². The molecule has 0 spiro atoms. The van der Waals surface area contributed by atoms with Crippen molar-refractivity contribution in [2.75, 3.05) is 6.61 Å². The number of aliphatic hydroxyl groups excluding tert-OH is 1. The fraction of sp³-hybridized carbons (Fsp3) is 0.273. The topological polar surface area (TPSA) is 20.2 Å². The van der Waals surface area contributed by atoms with Gasteiger partial charge in [-0.15, -0.1) is 11.3 Å². The van der Waals surface area contributed by atoms with Crippen LogP contribution < -0.4 is 0 Å². The van der Waals surface area contributed by atoms with Gasteiger partial charge in [-0.1, -0.05) is 18.2 Å². The number of benzene rings is 1. The Hall–Kier alpha value is -0.860. The van der Waals surface area contributed by atoms with Crippen molar-refractivity contribution in [3.63, 3.8) is 0 Å². The minimum Gasteiger partial charge on any atom is -0.396 e. The second-order valence-corrected chi connectivity index (χ2v) is 4.25. The monoisotopic (exact) mass is 192 g/mol. The first-order valence-corrected chi connectivity index (χ1v) is 5.30. The van der Waals surface area contributed by atoms with Gasteiger partial charge in [-0.25, -0.2) is 0 Å². The predicted octanol–water partition coefficient (Wildman–Crippen LogP) is 2.83. The number of aliphatic hydroxyl groups is 1. The number of aryl methyl sites for hydroxylation is 1. The molecule has 2 heteroatoms. The zero-order valence-electron chi connectivity index (χ0n) is 7.36. The van der Waals surface area contributed by atoms with Crippen LogP contribution in [0.25, 0.3) is 10.1 Å². The van der Waals surface area contributed by atoms with Crippen LogP contribution in [0.15, 0.2) is 30.3 Å². The summed E-state index contributed by atoms with van der Waals surface area (Å²) in [6, 6.07) is 10.6. The van der Waals surface area contributed by atoms with Gasteiger partial charge in [-0.3, -0.25) is 0 Å². The lowest BCUT2D eigenvalue weighted by molar-refractivity contribution is 0.289. The van der Waals surface area contributed by atoms with Crippen LogP contribution in [0.5, 0.6) is 0 Å². The number of thiophene rings is 1. The molecule has 0 bridgehead atoms. The molecule has 0 radical (unpaired) electrons. The first kappa shape index (κ1) is 8.73. The summed E-state index contributed by atoms with van der Waals surface area (Å²) in [5.74, 6) is 0. The Labute approximate surface area is 81.6 Å². The highest BCUT2D eigenvalue weighted by Gasteiger charge is 1.99. The van der Waals surface area contributed by atoms with Crippen molar-refractivity contribution in [3.05, 3.63) is 35.2 Å². The fourth-order valence-electron chi connectivity index (χ4n) is 1.41. The molecule has 13 heavy (non-hydrogen) atoms. The molecule has 1 nitrogen and oxygen atoms in total. The van der Waals surface area contributed by atoms with Crippen molar-refractivity contribution in [1.82, 2.24) is 0 Å². The maximum atomic E-state index is 8.71. The van der Waals surface area contributed by atoms with Crippen LogP contribution in [0.4, 0.5) is 0 Å². The number of fused-ring (bicyclic) bond motifs is 1. The van der Waals surface area contributed by atoms with Gasteiger partial charge in [0.1, 0.15) is 0 Å². The van der Waals surface area contributed by atoms with Crippen LogP contribution in [-0.2, 0) is 6.42 Å². The van der Waals surface area contributed by atoms with E-state index in [1.54, 1.807) is 0 Å². The Kier molecular flexibility index (Phi) is 2.62. The second-order valence-electron chi connectivity index (χ2n) is 3.08. The highest BCUT2D eigenvalue weighted by molar-refractivity contribution is 7.19. The Bertz CT molecular complexity index is 359. The van der Waals surface area contributed by atoms with Gasteiger partial charge in [0.2, 0.25) is 0 Å². The molecule has 0 amide bonds. The molecule has 0 aliphatic carbocycles.